The minimum atomic E-state index is 0.237. The van der Waals surface area contributed by atoms with Gasteiger partial charge < -0.3 is 20.1 Å². The third-order valence-corrected chi connectivity index (χ3v) is 3.92. The summed E-state index contributed by atoms with van der Waals surface area (Å²) < 4.78 is 11.0. The molecule has 3 unspecified atom stereocenters. The minimum Gasteiger partial charge on any atom is -0.385 e. The molecule has 2 N–H and O–H groups in total. The van der Waals surface area contributed by atoms with Gasteiger partial charge in [-0.1, -0.05) is 12.1 Å². The summed E-state index contributed by atoms with van der Waals surface area (Å²) in [6, 6.07) is 9.12. The molecule has 2 saturated heterocycles. The number of hydrogen-bond acceptors (Lipinski definition) is 4. The van der Waals surface area contributed by atoms with Gasteiger partial charge in [0, 0.05) is 38.5 Å². The standard InChI is InChI=1S/C15H22N2O2/c1-18-8-2-7-16-12-5-3-11(4-6-12)15-14-9-13(19-15)10-17-14/h3-6,13-17H,2,7-10H2,1H3. The predicted octanol–water partition coefficient (Wildman–Crippen LogP) is 1.94. The topological polar surface area (TPSA) is 42.5 Å². The zero-order valence-electron chi connectivity index (χ0n) is 11.4. The van der Waals surface area contributed by atoms with Crippen molar-refractivity contribution in [1.82, 2.24) is 5.32 Å². The fourth-order valence-corrected chi connectivity index (χ4v) is 2.92. The molecule has 4 heteroatoms. The SMILES string of the molecule is COCCCNc1ccc(C2OC3CNC2C3)cc1. The van der Waals surface area contributed by atoms with Crippen molar-refractivity contribution < 1.29 is 9.47 Å². The second-order valence-corrected chi connectivity index (χ2v) is 5.32. The first-order valence-electron chi connectivity index (χ1n) is 7.08. The molecule has 2 fully saturated rings. The maximum absolute atomic E-state index is 6.00. The van der Waals surface area contributed by atoms with E-state index in [4.69, 9.17) is 9.47 Å². The van der Waals surface area contributed by atoms with E-state index in [9.17, 15) is 0 Å². The number of fused-ring (bicyclic) bond motifs is 2. The Kier molecular flexibility index (Phi) is 4.01. The van der Waals surface area contributed by atoms with E-state index in [0.717, 1.165) is 38.2 Å². The first-order chi connectivity index (χ1) is 9.36. The molecule has 2 aliphatic rings. The third-order valence-electron chi connectivity index (χ3n) is 3.92. The van der Waals surface area contributed by atoms with Gasteiger partial charge in [-0.2, -0.15) is 0 Å². The molecule has 0 aromatic heterocycles. The van der Waals surface area contributed by atoms with Gasteiger partial charge in [-0.25, -0.2) is 0 Å². The second-order valence-electron chi connectivity index (χ2n) is 5.32. The summed E-state index contributed by atoms with van der Waals surface area (Å²) in [5.41, 5.74) is 2.44. The highest BCUT2D eigenvalue weighted by Gasteiger charge is 2.41. The van der Waals surface area contributed by atoms with Gasteiger partial charge in [-0.05, 0) is 30.5 Å². The normalized spacial score (nSPS) is 28.8. The Hall–Kier alpha value is -1.10. The van der Waals surface area contributed by atoms with Gasteiger partial charge in [0.15, 0.2) is 0 Å². The van der Waals surface area contributed by atoms with Crippen LogP contribution in [-0.4, -0.2) is 39.0 Å². The Morgan fingerprint density at radius 2 is 2.21 bits per heavy atom. The maximum Gasteiger partial charge on any atom is 0.0983 e. The molecule has 104 valence electrons. The molecule has 3 atom stereocenters. The molecular weight excluding hydrogens is 240 g/mol. The Morgan fingerprint density at radius 3 is 2.84 bits per heavy atom. The third kappa shape index (κ3) is 2.91. The van der Waals surface area contributed by atoms with Gasteiger partial charge in [0.2, 0.25) is 0 Å². The molecular formula is C15H22N2O2. The Labute approximate surface area is 114 Å². The molecule has 0 spiro atoms. The highest BCUT2D eigenvalue weighted by atomic mass is 16.5. The highest BCUT2D eigenvalue weighted by molar-refractivity contribution is 5.45. The van der Waals surface area contributed by atoms with Crippen molar-refractivity contribution in [3.05, 3.63) is 29.8 Å². The Morgan fingerprint density at radius 1 is 1.37 bits per heavy atom. The number of methoxy groups -OCH3 is 1. The first kappa shape index (κ1) is 12.9. The van der Waals surface area contributed by atoms with Crippen molar-refractivity contribution in [2.75, 3.05) is 32.1 Å². The molecule has 19 heavy (non-hydrogen) atoms. The molecule has 2 heterocycles. The van der Waals surface area contributed by atoms with Crippen molar-refractivity contribution in [2.24, 2.45) is 0 Å². The quantitative estimate of drug-likeness (QED) is 0.769. The van der Waals surface area contributed by atoms with Crippen LogP contribution in [0.2, 0.25) is 0 Å². The zero-order valence-corrected chi connectivity index (χ0v) is 11.4. The number of morpholine rings is 1. The van der Waals surface area contributed by atoms with Crippen molar-refractivity contribution >= 4 is 5.69 Å². The lowest BCUT2D eigenvalue weighted by atomic mass is 10.0. The van der Waals surface area contributed by atoms with Gasteiger partial charge in [0.25, 0.3) is 0 Å². The Balaban J connectivity index is 1.54. The van der Waals surface area contributed by atoms with Crippen LogP contribution in [0.5, 0.6) is 0 Å². The molecule has 0 radical (unpaired) electrons. The van der Waals surface area contributed by atoms with Crippen LogP contribution < -0.4 is 10.6 Å². The molecule has 1 aromatic carbocycles. The van der Waals surface area contributed by atoms with Crippen LogP contribution in [0.1, 0.15) is 24.5 Å². The molecule has 3 rings (SSSR count). The number of benzene rings is 1. The van der Waals surface area contributed by atoms with E-state index in [1.54, 1.807) is 7.11 Å². The van der Waals surface area contributed by atoms with Gasteiger partial charge in [0.05, 0.1) is 12.2 Å². The first-order valence-corrected chi connectivity index (χ1v) is 7.08. The number of nitrogens with one attached hydrogen (secondary N) is 2. The molecule has 2 aliphatic heterocycles. The summed E-state index contributed by atoms with van der Waals surface area (Å²) in [4.78, 5) is 0. The highest BCUT2D eigenvalue weighted by Crippen LogP contribution is 2.36. The van der Waals surface area contributed by atoms with Crippen LogP contribution >= 0.6 is 0 Å². The van der Waals surface area contributed by atoms with E-state index >= 15 is 0 Å². The average Bonchev–Trinajstić information content (AvgIpc) is 3.07. The molecule has 0 amide bonds. The van der Waals surface area contributed by atoms with Gasteiger partial charge >= 0.3 is 0 Å². The lowest BCUT2D eigenvalue weighted by molar-refractivity contribution is 0.0160. The fourth-order valence-electron chi connectivity index (χ4n) is 2.92. The van der Waals surface area contributed by atoms with Crippen LogP contribution in [0.25, 0.3) is 0 Å². The summed E-state index contributed by atoms with van der Waals surface area (Å²) in [5.74, 6) is 0. The number of rotatable bonds is 6. The van der Waals surface area contributed by atoms with Gasteiger partial charge in [-0.15, -0.1) is 0 Å². The number of anilines is 1. The Bertz CT molecular complexity index is 407. The van der Waals surface area contributed by atoms with Crippen LogP contribution in [-0.2, 0) is 9.47 Å². The van der Waals surface area contributed by atoms with Crippen LogP contribution in [0.15, 0.2) is 24.3 Å². The van der Waals surface area contributed by atoms with Crippen LogP contribution in [0, 0.1) is 0 Å². The largest absolute Gasteiger partial charge is 0.385 e. The van der Waals surface area contributed by atoms with E-state index in [2.05, 4.69) is 34.9 Å². The van der Waals surface area contributed by atoms with E-state index in [0.29, 0.717) is 12.1 Å². The van der Waals surface area contributed by atoms with E-state index in [1.165, 1.54) is 5.56 Å². The van der Waals surface area contributed by atoms with Gasteiger partial charge in [-0.3, -0.25) is 0 Å². The number of hydrogen-bond donors (Lipinski definition) is 2. The summed E-state index contributed by atoms with van der Waals surface area (Å²) in [7, 11) is 1.73. The van der Waals surface area contributed by atoms with Crippen molar-refractivity contribution in [2.45, 2.75) is 31.1 Å². The molecule has 0 aliphatic carbocycles. The lowest BCUT2D eigenvalue weighted by Crippen LogP contribution is -2.33. The van der Waals surface area contributed by atoms with Gasteiger partial charge in [0.1, 0.15) is 0 Å². The van der Waals surface area contributed by atoms with E-state index in [-0.39, 0.29) is 6.10 Å². The van der Waals surface area contributed by atoms with Crippen molar-refractivity contribution in [3.8, 4) is 0 Å². The summed E-state index contributed by atoms with van der Waals surface area (Å²) in [6.07, 6.45) is 2.84. The number of ether oxygens (including phenoxy) is 2. The van der Waals surface area contributed by atoms with E-state index < -0.39 is 0 Å². The lowest BCUT2D eigenvalue weighted by Gasteiger charge is -2.23. The predicted molar refractivity (Wildman–Crippen MR) is 75.4 cm³/mol. The molecule has 1 aromatic rings. The summed E-state index contributed by atoms with van der Waals surface area (Å²) in [6.45, 7) is 2.76. The fraction of sp³-hybridized carbons (Fsp3) is 0.600. The second kappa shape index (κ2) is 5.90. The maximum atomic E-state index is 6.00. The smallest absolute Gasteiger partial charge is 0.0983 e. The van der Waals surface area contributed by atoms with E-state index in [1.807, 2.05) is 0 Å². The van der Waals surface area contributed by atoms with Crippen LogP contribution in [0.3, 0.4) is 0 Å². The van der Waals surface area contributed by atoms with Crippen molar-refractivity contribution in [3.63, 3.8) is 0 Å². The zero-order chi connectivity index (χ0) is 13.1. The average molecular weight is 262 g/mol. The minimum absolute atomic E-state index is 0.237. The monoisotopic (exact) mass is 262 g/mol. The molecule has 0 saturated carbocycles. The summed E-state index contributed by atoms with van der Waals surface area (Å²) in [5, 5.41) is 6.91. The molecule has 2 bridgehead atoms. The molecule has 4 nitrogen and oxygen atoms in total. The summed E-state index contributed by atoms with van der Waals surface area (Å²) >= 11 is 0. The van der Waals surface area contributed by atoms with Crippen molar-refractivity contribution in [1.29, 1.82) is 0 Å². The van der Waals surface area contributed by atoms with Crippen LogP contribution in [0.4, 0.5) is 5.69 Å².